The predicted octanol–water partition coefficient (Wildman–Crippen LogP) is 3.38. The smallest absolute Gasteiger partial charge is 0.339 e. The van der Waals surface area contributed by atoms with E-state index in [9.17, 15) is 19.7 Å². The molecule has 24 heavy (non-hydrogen) atoms. The lowest BCUT2D eigenvalue weighted by Crippen LogP contribution is -2.22. The predicted molar refractivity (Wildman–Crippen MR) is 90.5 cm³/mol. The lowest BCUT2D eigenvalue weighted by Gasteiger charge is -2.09. The molecule has 0 aliphatic carbocycles. The number of nitro groups is 1. The fraction of sp³-hybridized carbons (Fsp3) is 0.250. The summed E-state index contributed by atoms with van der Waals surface area (Å²) in [5.41, 5.74) is 0.866. The first-order valence-corrected chi connectivity index (χ1v) is 7.89. The SMILES string of the molecule is Cc1cc(C(=O)OCC(=O)Nc2c(C)cccc2[N+](=O)[O-])c(C)s1. The van der Waals surface area contributed by atoms with Gasteiger partial charge in [-0.1, -0.05) is 12.1 Å². The summed E-state index contributed by atoms with van der Waals surface area (Å²) in [7, 11) is 0. The maximum absolute atomic E-state index is 12.0. The Morgan fingerprint density at radius 1 is 1.29 bits per heavy atom. The number of carbonyl (C=O) groups excluding carboxylic acids is 2. The number of hydrogen-bond donors (Lipinski definition) is 1. The van der Waals surface area contributed by atoms with Crippen molar-refractivity contribution in [2.75, 3.05) is 11.9 Å². The molecule has 0 aliphatic rings. The van der Waals surface area contributed by atoms with Gasteiger partial charge in [0.05, 0.1) is 10.5 Å². The minimum atomic E-state index is -0.634. The lowest BCUT2D eigenvalue weighted by molar-refractivity contribution is -0.384. The minimum absolute atomic E-state index is 0.103. The molecule has 1 aromatic heterocycles. The van der Waals surface area contributed by atoms with E-state index in [2.05, 4.69) is 5.32 Å². The average molecular weight is 348 g/mol. The molecule has 8 heteroatoms. The fourth-order valence-corrected chi connectivity index (χ4v) is 3.10. The van der Waals surface area contributed by atoms with Gasteiger partial charge in [-0.3, -0.25) is 14.9 Å². The van der Waals surface area contributed by atoms with E-state index in [-0.39, 0.29) is 11.4 Å². The molecule has 2 rings (SSSR count). The Hall–Kier alpha value is -2.74. The molecule has 0 saturated heterocycles. The summed E-state index contributed by atoms with van der Waals surface area (Å²) in [5.74, 6) is -1.23. The molecule has 2 aromatic rings. The second kappa shape index (κ2) is 7.22. The van der Waals surface area contributed by atoms with Crippen LogP contribution in [0.1, 0.15) is 25.7 Å². The van der Waals surface area contributed by atoms with Gasteiger partial charge < -0.3 is 10.1 Å². The molecule has 0 unspecified atom stereocenters. The first-order valence-electron chi connectivity index (χ1n) is 7.07. The number of hydrogen-bond acceptors (Lipinski definition) is 6. The molecule has 0 radical (unpaired) electrons. The first kappa shape index (κ1) is 17.6. The molecule has 7 nitrogen and oxygen atoms in total. The quantitative estimate of drug-likeness (QED) is 0.507. The van der Waals surface area contributed by atoms with E-state index in [4.69, 9.17) is 4.74 Å². The number of carbonyl (C=O) groups is 2. The van der Waals surface area contributed by atoms with Crippen molar-refractivity contribution in [3.8, 4) is 0 Å². The van der Waals surface area contributed by atoms with Crippen molar-refractivity contribution in [2.24, 2.45) is 0 Å². The summed E-state index contributed by atoms with van der Waals surface area (Å²) in [6, 6.07) is 6.18. The fourth-order valence-electron chi connectivity index (χ4n) is 2.18. The molecular weight excluding hydrogens is 332 g/mol. The Morgan fingerprint density at radius 3 is 2.58 bits per heavy atom. The van der Waals surface area contributed by atoms with Crippen molar-refractivity contribution < 1.29 is 19.2 Å². The third kappa shape index (κ3) is 3.96. The summed E-state index contributed by atoms with van der Waals surface area (Å²) < 4.78 is 4.98. The van der Waals surface area contributed by atoms with Crippen LogP contribution in [0.2, 0.25) is 0 Å². The number of para-hydroxylation sites is 1. The molecule has 1 amide bonds. The highest BCUT2D eigenvalue weighted by molar-refractivity contribution is 7.12. The van der Waals surface area contributed by atoms with Gasteiger partial charge in [-0.05, 0) is 32.4 Å². The van der Waals surface area contributed by atoms with Crippen molar-refractivity contribution >= 4 is 34.6 Å². The zero-order valence-electron chi connectivity index (χ0n) is 13.4. The van der Waals surface area contributed by atoms with Crippen LogP contribution in [0.15, 0.2) is 24.3 Å². The number of thiophene rings is 1. The number of aryl methyl sites for hydroxylation is 3. The summed E-state index contributed by atoms with van der Waals surface area (Å²) in [6.45, 7) is 4.80. The van der Waals surface area contributed by atoms with E-state index < -0.39 is 23.4 Å². The van der Waals surface area contributed by atoms with Gasteiger partial charge in [-0.2, -0.15) is 0 Å². The van der Waals surface area contributed by atoms with Crippen LogP contribution >= 0.6 is 11.3 Å². The van der Waals surface area contributed by atoms with Crippen molar-refractivity contribution in [3.05, 3.63) is 55.3 Å². The number of rotatable bonds is 5. The Morgan fingerprint density at radius 2 is 2.00 bits per heavy atom. The van der Waals surface area contributed by atoms with E-state index in [0.717, 1.165) is 9.75 Å². The van der Waals surface area contributed by atoms with Crippen LogP contribution in [-0.4, -0.2) is 23.4 Å². The van der Waals surface area contributed by atoms with E-state index in [1.165, 1.54) is 23.5 Å². The van der Waals surface area contributed by atoms with E-state index in [0.29, 0.717) is 11.1 Å². The number of ether oxygens (including phenoxy) is 1. The standard InChI is InChI=1S/C16H16N2O5S/c1-9-5-4-6-13(18(21)22)15(9)17-14(19)8-23-16(20)12-7-10(2)24-11(12)3/h4-7H,8H2,1-3H3,(H,17,19). The van der Waals surface area contributed by atoms with Gasteiger partial charge in [0.1, 0.15) is 5.69 Å². The molecule has 1 aromatic carbocycles. The van der Waals surface area contributed by atoms with Crippen LogP contribution < -0.4 is 5.32 Å². The van der Waals surface area contributed by atoms with Gasteiger partial charge in [0.15, 0.2) is 6.61 Å². The highest BCUT2D eigenvalue weighted by Gasteiger charge is 2.19. The number of anilines is 1. The molecular formula is C16H16N2O5S. The van der Waals surface area contributed by atoms with Crippen molar-refractivity contribution in [1.82, 2.24) is 0 Å². The van der Waals surface area contributed by atoms with Gasteiger partial charge in [0.2, 0.25) is 0 Å². The third-order valence-electron chi connectivity index (χ3n) is 3.31. The zero-order valence-corrected chi connectivity index (χ0v) is 14.2. The largest absolute Gasteiger partial charge is 0.452 e. The monoisotopic (exact) mass is 348 g/mol. The number of nitrogens with one attached hydrogen (secondary N) is 1. The Kier molecular flexibility index (Phi) is 5.30. The van der Waals surface area contributed by atoms with Crippen LogP contribution in [0.5, 0.6) is 0 Å². The number of nitro benzene ring substituents is 1. The normalized spacial score (nSPS) is 10.3. The summed E-state index contributed by atoms with van der Waals surface area (Å²) in [5, 5.41) is 13.4. The van der Waals surface area contributed by atoms with Crippen LogP contribution in [0.25, 0.3) is 0 Å². The van der Waals surface area contributed by atoms with E-state index in [1.54, 1.807) is 26.0 Å². The van der Waals surface area contributed by atoms with Gasteiger partial charge in [0.25, 0.3) is 11.6 Å². The maximum Gasteiger partial charge on any atom is 0.339 e. The molecule has 0 aliphatic heterocycles. The minimum Gasteiger partial charge on any atom is -0.452 e. The average Bonchev–Trinajstić information content (AvgIpc) is 2.85. The number of benzene rings is 1. The zero-order chi connectivity index (χ0) is 17.9. The van der Waals surface area contributed by atoms with Crippen LogP contribution in [0.3, 0.4) is 0 Å². The van der Waals surface area contributed by atoms with Crippen LogP contribution in [-0.2, 0) is 9.53 Å². The molecule has 1 N–H and O–H groups in total. The molecule has 0 fully saturated rings. The Balaban J connectivity index is 2.03. The summed E-state index contributed by atoms with van der Waals surface area (Å²) in [4.78, 5) is 36.2. The molecule has 126 valence electrons. The van der Waals surface area contributed by atoms with E-state index >= 15 is 0 Å². The molecule has 0 saturated carbocycles. The Labute approximate surface area is 142 Å². The third-order valence-corrected chi connectivity index (χ3v) is 4.27. The van der Waals surface area contributed by atoms with Crippen LogP contribution in [0.4, 0.5) is 11.4 Å². The number of amides is 1. The second-order valence-electron chi connectivity index (χ2n) is 5.18. The second-order valence-corrected chi connectivity index (χ2v) is 6.64. The van der Waals surface area contributed by atoms with Crippen molar-refractivity contribution in [2.45, 2.75) is 20.8 Å². The highest BCUT2D eigenvalue weighted by atomic mass is 32.1. The molecule has 0 bridgehead atoms. The maximum atomic E-state index is 12.0. The molecule has 0 spiro atoms. The van der Waals surface area contributed by atoms with Gasteiger partial charge >= 0.3 is 5.97 Å². The summed E-state index contributed by atoms with van der Waals surface area (Å²) >= 11 is 1.47. The summed E-state index contributed by atoms with van der Waals surface area (Å²) in [6.07, 6.45) is 0. The van der Waals surface area contributed by atoms with Gasteiger partial charge in [-0.15, -0.1) is 11.3 Å². The number of nitrogens with zero attached hydrogens (tertiary/aromatic N) is 1. The van der Waals surface area contributed by atoms with Crippen molar-refractivity contribution in [3.63, 3.8) is 0 Å². The molecule has 0 atom stereocenters. The van der Waals surface area contributed by atoms with Gasteiger partial charge in [-0.25, -0.2) is 4.79 Å². The van der Waals surface area contributed by atoms with Gasteiger partial charge in [0, 0.05) is 15.8 Å². The Bertz CT molecular complexity index is 813. The molecule has 1 heterocycles. The number of esters is 1. The topological polar surface area (TPSA) is 98.5 Å². The van der Waals surface area contributed by atoms with Crippen LogP contribution in [0, 0.1) is 30.9 Å². The first-order chi connectivity index (χ1) is 11.3. The van der Waals surface area contributed by atoms with Crippen molar-refractivity contribution in [1.29, 1.82) is 0 Å². The highest BCUT2D eigenvalue weighted by Crippen LogP contribution is 2.27. The lowest BCUT2D eigenvalue weighted by atomic mass is 10.1. The van der Waals surface area contributed by atoms with E-state index in [1.807, 2.05) is 6.92 Å².